The molecule has 0 radical (unpaired) electrons. The van der Waals surface area contributed by atoms with Crippen LogP contribution in [0.25, 0.3) is 0 Å². The first-order valence-electron chi connectivity index (χ1n) is 9.75. The molecule has 156 valence electrons. The van der Waals surface area contributed by atoms with Crippen LogP contribution in [0.2, 0.25) is 0 Å². The van der Waals surface area contributed by atoms with E-state index in [0.717, 1.165) is 12.8 Å². The van der Waals surface area contributed by atoms with Crippen molar-refractivity contribution in [1.82, 2.24) is 0 Å². The monoisotopic (exact) mass is 386 g/mol. The lowest BCUT2D eigenvalue weighted by Gasteiger charge is -2.45. The zero-order valence-electron chi connectivity index (χ0n) is 16.5. The Labute approximate surface area is 161 Å². The summed E-state index contributed by atoms with van der Waals surface area (Å²) in [4.78, 5) is 0. The molecule has 2 fully saturated rings. The van der Waals surface area contributed by atoms with Crippen molar-refractivity contribution in [2.45, 2.75) is 38.9 Å². The molecule has 0 amide bonds. The Kier molecular flexibility index (Phi) is 9.21. The van der Waals surface area contributed by atoms with Gasteiger partial charge in [0, 0.05) is 10.8 Å². The van der Waals surface area contributed by atoms with E-state index < -0.39 is 0 Å². The van der Waals surface area contributed by atoms with Crippen LogP contribution < -0.4 is 0 Å². The van der Waals surface area contributed by atoms with Gasteiger partial charge in [-0.15, -0.1) is 0 Å². The Balaban J connectivity index is 1.91. The van der Waals surface area contributed by atoms with Gasteiger partial charge in [-0.3, -0.25) is 0 Å². The van der Waals surface area contributed by atoms with Gasteiger partial charge in [-0.2, -0.15) is 0 Å². The van der Waals surface area contributed by atoms with E-state index in [1.807, 2.05) is 12.2 Å². The average molecular weight is 386 g/mol. The van der Waals surface area contributed by atoms with Crippen LogP contribution in [0.15, 0.2) is 24.7 Å². The molecule has 7 nitrogen and oxygen atoms in total. The minimum atomic E-state index is -0.166. The first-order chi connectivity index (χ1) is 13.2. The van der Waals surface area contributed by atoms with Crippen LogP contribution in [0.1, 0.15) is 26.7 Å². The summed E-state index contributed by atoms with van der Waals surface area (Å²) in [5.74, 6) is 0. The molecular formula is C20H34O7. The quantitative estimate of drug-likeness (QED) is 0.439. The Hall–Kier alpha value is -0.960. The predicted octanol–water partition coefficient (Wildman–Crippen LogP) is 1.64. The fourth-order valence-electron chi connectivity index (χ4n) is 3.38. The van der Waals surface area contributed by atoms with Crippen molar-refractivity contribution in [2.75, 3.05) is 52.9 Å². The van der Waals surface area contributed by atoms with Crippen LogP contribution >= 0.6 is 0 Å². The van der Waals surface area contributed by atoms with E-state index in [1.165, 1.54) is 0 Å². The zero-order valence-corrected chi connectivity index (χ0v) is 16.5. The van der Waals surface area contributed by atoms with E-state index in [4.69, 9.17) is 33.9 Å². The molecule has 7 heteroatoms. The second-order valence-electron chi connectivity index (χ2n) is 7.24. The third-order valence-corrected chi connectivity index (χ3v) is 5.61. The van der Waals surface area contributed by atoms with Gasteiger partial charge in [-0.1, -0.05) is 13.8 Å². The lowest BCUT2D eigenvalue weighted by atomic mass is 9.77. The molecule has 2 heterocycles. The van der Waals surface area contributed by atoms with Crippen molar-refractivity contribution in [3.8, 4) is 0 Å². The van der Waals surface area contributed by atoms with Gasteiger partial charge in [0.15, 0.2) is 0 Å². The molecule has 0 saturated carbocycles. The first-order valence-corrected chi connectivity index (χ1v) is 9.75. The highest BCUT2D eigenvalue weighted by Gasteiger charge is 2.44. The molecule has 2 aliphatic rings. The molecule has 0 aromatic heterocycles. The van der Waals surface area contributed by atoms with E-state index in [9.17, 15) is 0 Å². The van der Waals surface area contributed by atoms with Gasteiger partial charge in [0.1, 0.15) is 0 Å². The molecule has 0 aliphatic carbocycles. The van der Waals surface area contributed by atoms with E-state index >= 15 is 0 Å². The number of ether oxygens (including phenoxy) is 5. The van der Waals surface area contributed by atoms with Gasteiger partial charge in [0.2, 0.25) is 0 Å². The normalized spacial score (nSPS) is 23.1. The fourth-order valence-corrected chi connectivity index (χ4v) is 3.38. The van der Waals surface area contributed by atoms with Crippen LogP contribution in [0, 0.1) is 10.8 Å². The van der Waals surface area contributed by atoms with Crippen molar-refractivity contribution in [3.05, 3.63) is 24.7 Å². The highest BCUT2D eigenvalue weighted by molar-refractivity contribution is 5.04. The summed E-state index contributed by atoms with van der Waals surface area (Å²) in [5.41, 5.74) is -0.109. The minimum Gasteiger partial charge on any atom is -0.473 e. The summed E-state index contributed by atoms with van der Waals surface area (Å²) in [5, 5.41) is 18.1. The molecule has 2 aliphatic heterocycles. The number of hydrogen-bond donors (Lipinski definition) is 2. The second kappa shape index (κ2) is 11.1. The van der Waals surface area contributed by atoms with E-state index in [2.05, 4.69) is 13.8 Å². The van der Waals surface area contributed by atoms with Crippen molar-refractivity contribution < 1.29 is 33.9 Å². The highest BCUT2D eigenvalue weighted by atomic mass is 16.5. The topological polar surface area (TPSA) is 86.6 Å². The smallest absolute Gasteiger partial charge is 0.0889 e. The molecule has 2 saturated heterocycles. The van der Waals surface area contributed by atoms with E-state index in [0.29, 0.717) is 26.4 Å². The third kappa shape index (κ3) is 5.53. The van der Waals surface area contributed by atoms with Gasteiger partial charge < -0.3 is 33.9 Å². The fraction of sp³-hybridized carbons (Fsp3) is 0.800. The molecule has 0 spiro atoms. The average Bonchev–Trinajstić information content (AvgIpc) is 2.61. The molecule has 0 aromatic carbocycles. The molecule has 2 unspecified atom stereocenters. The first kappa shape index (κ1) is 22.3. The maximum atomic E-state index is 9.05. The van der Waals surface area contributed by atoms with E-state index in [-0.39, 0.29) is 49.5 Å². The standard InChI is InChI=1S/C20H34O7/c1-3-19(13-24-14-19)17(26-11-7-21)5-9-23-10-6-18(27-12-8-22)20(4-2)15-25-16-20/h5-6,9-10,17-18,21-22H,3-4,7-8,11-16H2,1-2H3. The van der Waals surface area contributed by atoms with Crippen molar-refractivity contribution in [3.63, 3.8) is 0 Å². The molecule has 2 N–H and O–H groups in total. The summed E-state index contributed by atoms with van der Waals surface area (Å²) in [6.07, 6.45) is 8.48. The molecule has 2 rings (SSSR count). The Morgan fingerprint density at radius 1 is 0.815 bits per heavy atom. The summed E-state index contributed by atoms with van der Waals surface area (Å²) < 4.78 is 27.9. The molecule has 0 bridgehead atoms. The maximum absolute atomic E-state index is 9.05. The number of rotatable bonds is 14. The van der Waals surface area contributed by atoms with Crippen LogP contribution in [-0.2, 0) is 23.7 Å². The summed E-state index contributed by atoms with van der Waals surface area (Å²) in [6.45, 7) is 7.34. The summed E-state index contributed by atoms with van der Waals surface area (Å²) >= 11 is 0. The SMILES string of the molecule is CCC1(C(C=COC=CC(OCCO)C2(CC)COC2)OCCO)COC1. The van der Waals surface area contributed by atoms with Gasteiger partial charge in [0.25, 0.3) is 0 Å². The highest BCUT2D eigenvalue weighted by Crippen LogP contribution is 2.38. The number of aliphatic hydroxyl groups excluding tert-OH is 2. The largest absolute Gasteiger partial charge is 0.473 e. The van der Waals surface area contributed by atoms with Crippen molar-refractivity contribution in [2.24, 2.45) is 10.8 Å². The van der Waals surface area contributed by atoms with Gasteiger partial charge in [-0.25, -0.2) is 0 Å². The lowest BCUT2D eigenvalue weighted by Crippen LogP contribution is -2.51. The Bertz CT molecular complexity index is 416. The van der Waals surface area contributed by atoms with Crippen LogP contribution in [-0.4, -0.2) is 75.3 Å². The minimum absolute atomic E-state index is 0.0171. The van der Waals surface area contributed by atoms with Crippen LogP contribution in [0.5, 0.6) is 0 Å². The Morgan fingerprint density at radius 2 is 1.22 bits per heavy atom. The summed E-state index contributed by atoms with van der Waals surface area (Å²) in [6, 6.07) is 0. The number of hydrogen-bond acceptors (Lipinski definition) is 7. The van der Waals surface area contributed by atoms with Crippen LogP contribution in [0.4, 0.5) is 0 Å². The third-order valence-electron chi connectivity index (χ3n) is 5.61. The lowest BCUT2D eigenvalue weighted by molar-refractivity contribution is -0.177. The zero-order chi connectivity index (χ0) is 19.6. The van der Waals surface area contributed by atoms with Crippen molar-refractivity contribution in [1.29, 1.82) is 0 Å². The molecule has 27 heavy (non-hydrogen) atoms. The molecular weight excluding hydrogens is 352 g/mol. The van der Waals surface area contributed by atoms with E-state index in [1.54, 1.807) is 12.5 Å². The van der Waals surface area contributed by atoms with Gasteiger partial charge in [0.05, 0.1) is 77.6 Å². The molecule has 0 aromatic rings. The van der Waals surface area contributed by atoms with Crippen molar-refractivity contribution >= 4 is 0 Å². The Morgan fingerprint density at radius 3 is 1.48 bits per heavy atom. The van der Waals surface area contributed by atoms with Gasteiger partial charge in [-0.05, 0) is 25.0 Å². The summed E-state index contributed by atoms with van der Waals surface area (Å²) in [7, 11) is 0. The predicted molar refractivity (Wildman–Crippen MR) is 100 cm³/mol. The maximum Gasteiger partial charge on any atom is 0.0889 e. The number of aliphatic hydroxyl groups is 2. The second-order valence-corrected chi connectivity index (χ2v) is 7.24. The molecule has 2 atom stereocenters. The van der Waals surface area contributed by atoms with Crippen LogP contribution in [0.3, 0.4) is 0 Å². The van der Waals surface area contributed by atoms with Gasteiger partial charge >= 0.3 is 0 Å².